The second-order valence-electron chi connectivity index (χ2n) is 10.1. The third kappa shape index (κ3) is 3.60. The van der Waals surface area contributed by atoms with Crippen molar-refractivity contribution in [1.29, 1.82) is 0 Å². The maximum Gasteiger partial charge on any atom is 0.328 e. The normalized spacial score (nSPS) is 16.8. The van der Waals surface area contributed by atoms with E-state index in [-0.39, 0.29) is 34.8 Å². The Bertz CT molecular complexity index is 1230. The summed E-state index contributed by atoms with van der Waals surface area (Å²) < 4.78 is 1.27. The molecule has 1 aliphatic rings. The quantitative estimate of drug-likeness (QED) is 0.493. The topological polar surface area (TPSA) is 98.5 Å². The molecule has 0 bridgehead atoms. The summed E-state index contributed by atoms with van der Waals surface area (Å²) in [6.07, 6.45) is 3.49. The van der Waals surface area contributed by atoms with Crippen LogP contribution in [0.5, 0.6) is 17.4 Å². The van der Waals surface area contributed by atoms with E-state index in [2.05, 4.69) is 44.8 Å². The van der Waals surface area contributed by atoms with E-state index in [1.165, 1.54) is 28.0 Å². The van der Waals surface area contributed by atoms with Crippen molar-refractivity contribution >= 4 is 0 Å². The Balaban J connectivity index is 1.87. The zero-order valence-electron chi connectivity index (χ0n) is 18.7. The fraction of sp³-hybridized carbons (Fsp3) is 0.400. The van der Waals surface area contributed by atoms with Crippen LogP contribution in [0.15, 0.2) is 35.3 Å². The van der Waals surface area contributed by atoms with E-state index in [0.29, 0.717) is 11.1 Å². The molecule has 164 valence electrons. The summed E-state index contributed by atoms with van der Waals surface area (Å²) in [6.45, 7) is 11.2. The number of hydrogen-bond acceptors (Lipinski definition) is 4. The van der Waals surface area contributed by atoms with Crippen LogP contribution in [0.4, 0.5) is 0 Å². The molecule has 4 rings (SSSR count). The van der Waals surface area contributed by atoms with Crippen LogP contribution in [-0.2, 0) is 17.4 Å². The van der Waals surface area contributed by atoms with Crippen molar-refractivity contribution < 1.29 is 15.3 Å². The van der Waals surface area contributed by atoms with E-state index in [1.807, 2.05) is 6.92 Å². The van der Waals surface area contributed by atoms with E-state index < -0.39 is 5.69 Å². The first-order chi connectivity index (χ1) is 14.4. The number of fused-ring (bicyclic) bond motifs is 1. The Kier molecular flexibility index (Phi) is 4.72. The summed E-state index contributed by atoms with van der Waals surface area (Å²) in [5.41, 5.74) is 5.32. The predicted molar refractivity (Wildman–Crippen MR) is 121 cm³/mol. The van der Waals surface area contributed by atoms with Gasteiger partial charge in [0.05, 0.1) is 12.7 Å². The van der Waals surface area contributed by atoms with Crippen molar-refractivity contribution in [3.8, 4) is 28.5 Å². The number of aromatic hydroxyl groups is 3. The molecule has 2 aromatic carbocycles. The van der Waals surface area contributed by atoms with E-state index >= 15 is 0 Å². The Morgan fingerprint density at radius 2 is 1.52 bits per heavy atom. The van der Waals surface area contributed by atoms with E-state index in [4.69, 9.17) is 0 Å². The molecule has 31 heavy (non-hydrogen) atoms. The molecule has 0 atom stereocenters. The van der Waals surface area contributed by atoms with Gasteiger partial charge in [-0.05, 0) is 65.0 Å². The van der Waals surface area contributed by atoms with Crippen LogP contribution in [-0.4, -0.2) is 24.9 Å². The molecule has 0 saturated heterocycles. The molecule has 6 heteroatoms. The van der Waals surface area contributed by atoms with Crippen LogP contribution in [0.1, 0.15) is 62.8 Å². The average Bonchev–Trinajstić information content (AvgIpc) is 2.98. The number of aromatic amines is 1. The molecular weight excluding hydrogens is 392 g/mol. The SMILES string of the molecule is Cc1cc2c(cc1-c1cc(Cn3cc(O)[nH]c3=O)c(O)cc1O)C(C)(C)CCC2(C)C. The second kappa shape index (κ2) is 6.94. The van der Waals surface area contributed by atoms with Crippen molar-refractivity contribution in [3.63, 3.8) is 0 Å². The summed E-state index contributed by atoms with van der Waals surface area (Å²) in [5, 5.41) is 30.6. The van der Waals surface area contributed by atoms with Crippen molar-refractivity contribution in [1.82, 2.24) is 9.55 Å². The summed E-state index contributed by atoms with van der Waals surface area (Å²) in [7, 11) is 0. The number of aryl methyl sites for hydroxylation is 1. The lowest BCUT2D eigenvalue weighted by atomic mass is 9.62. The molecule has 1 aliphatic carbocycles. The lowest BCUT2D eigenvalue weighted by Gasteiger charge is -2.42. The summed E-state index contributed by atoms with van der Waals surface area (Å²) in [5.74, 6) is -0.355. The van der Waals surface area contributed by atoms with Crippen LogP contribution < -0.4 is 5.69 Å². The monoisotopic (exact) mass is 422 g/mol. The molecule has 4 N–H and O–H groups in total. The number of nitrogens with one attached hydrogen (secondary N) is 1. The number of rotatable bonds is 3. The highest BCUT2D eigenvalue weighted by Crippen LogP contribution is 2.48. The molecule has 0 saturated carbocycles. The first-order valence-electron chi connectivity index (χ1n) is 10.6. The molecule has 0 aliphatic heterocycles. The fourth-order valence-electron chi connectivity index (χ4n) is 4.70. The highest BCUT2D eigenvalue weighted by Gasteiger charge is 2.37. The van der Waals surface area contributed by atoms with Crippen molar-refractivity contribution in [3.05, 3.63) is 63.2 Å². The van der Waals surface area contributed by atoms with Gasteiger partial charge < -0.3 is 15.3 Å². The van der Waals surface area contributed by atoms with E-state index in [0.717, 1.165) is 24.0 Å². The largest absolute Gasteiger partial charge is 0.507 e. The van der Waals surface area contributed by atoms with Gasteiger partial charge in [-0.3, -0.25) is 9.55 Å². The van der Waals surface area contributed by atoms with Gasteiger partial charge in [-0.2, -0.15) is 0 Å². The standard InChI is InChI=1S/C25H30N2O4/c1-14-8-18-19(25(4,5)7-6-24(18,2)3)10-16(14)17-9-15(20(28)11-21(17)29)12-27-13-22(30)26-23(27)31/h8-11,13,28-30H,6-7,12H2,1-5H3,(H,26,31). The van der Waals surface area contributed by atoms with Gasteiger partial charge in [-0.25, -0.2) is 4.79 Å². The summed E-state index contributed by atoms with van der Waals surface area (Å²) in [4.78, 5) is 14.2. The Morgan fingerprint density at radius 3 is 2.10 bits per heavy atom. The van der Waals surface area contributed by atoms with Gasteiger partial charge in [-0.15, -0.1) is 0 Å². The first kappa shape index (κ1) is 21.1. The summed E-state index contributed by atoms with van der Waals surface area (Å²) in [6, 6.07) is 7.44. The van der Waals surface area contributed by atoms with Gasteiger partial charge in [-0.1, -0.05) is 33.8 Å². The zero-order valence-corrected chi connectivity index (χ0v) is 18.7. The molecule has 0 spiro atoms. The van der Waals surface area contributed by atoms with E-state index in [9.17, 15) is 20.1 Å². The van der Waals surface area contributed by atoms with Gasteiger partial charge >= 0.3 is 5.69 Å². The minimum Gasteiger partial charge on any atom is -0.507 e. The second-order valence-corrected chi connectivity index (χ2v) is 10.1. The Hall–Kier alpha value is -3.15. The molecule has 3 aromatic rings. The number of hydrogen-bond donors (Lipinski definition) is 4. The zero-order chi connectivity index (χ0) is 22.7. The molecule has 6 nitrogen and oxygen atoms in total. The minimum atomic E-state index is -0.472. The number of nitrogens with zero attached hydrogens (tertiary/aromatic N) is 1. The number of imidazole rings is 1. The van der Waals surface area contributed by atoms with Gasteiger partial charge in [0.15, 0.2) is 0 Å². The third-order valence-electron chi connectivity index (χ3n) is 6.80. The molecule has 0 fully saturated rings. The van der Waals surface area contributed by atoms with Crippen LogP contribution in [0.25, 0.3) is 11.1 Å². The first-order valence-corrected chi connectivity index (χ1v) is 10.6. The fourth-order valence-corrected chi connectivity index (χ4v) is 4.70. The van der Waals surface area contributed by atoms with Gasteiger partial charge in [0.25, 0.3) is 0 Å². The molecule has 1 aromatic heterocycles. The molecule has 0 amide bonds. The Morgan fingerprint density at radius 1 is 0.903 bits per heavy atom. The van der Waals surface area contributed by atoms with Gasteiger partial charge in [0.1, 0.15) is 11.5 Å². The number of H-pyrrole nitrogens is 1. The molecular formula is C25H30N2O4. The third-order valence-corrected chi connectivity index (χ3v) is 6.80. The van der Waals surface area contributed by atoms with Crippen LogP contribution >= 0.6 is 0 Å². The molecule has 0 unspecified atom stereocenters. The number of phenols is 2. The van der Waals surface area contributed by atoms with Crippen LogP contribution in [0.2, 0.25) is 0 Å². The van der Waals surface area contributed by atoms with Crippen LogP contribution in [0.3, 0.4) is 0 Å². The van der Waals surface area contributed by atoms with Crippen molar-refractivity contribution in [2.24, 2.45) is 0 Å². The summed E-state index contributed by atoms with van der Waals surface area (Å²) >= 11 is 0. The Labute approximate surface area is 181 Å². The van der Waals surface area contributed by atoms with Gasteiger partial charge in [0.2, 0.25) is 5.88 Å². The van der Waals surface area contributed by atoms with Crippen molar-refractivity contribution in [2.45, 2.75) is 64.8 Å². The van der Waals surface area contributed by atoms with Gasteiger partial charge in [0, 0.05) is 17.2 Å². The number of phenolic OH excluding ortho intramolecular Hbond substituents is 2. The van der Waals surface area contributed by atoms with Crippen molar-refractivity contribution in [2.75, 3.05) is 0 Å². The lowest BCUT2D eigenvalue weighted by Crippen LogP contribution is -2.34. The predicted octanol–water partition coefficient (Wildman–Crippen LogP) is 4.67. The lowest BCUT2D eigenvalue weighted by molar-refractivity contribution is 0.332. The smallest absolute Gasteiger partial charge is 0.328 e. The van der Waals surface area contributed by atoms with Crippen LogP contribution in [0, 0.1) is 6.92 Å². The average molecular weight is 423 g/mol. The minimum absolute atomic E-state index is 0.0126. The highest BCUT2D eigenvalue weighted by molar-refractivity contribution is 5.76. The molecule has 1 heterocycles. The number of benzene rings is 2. The number of aromatic nitrogens is 2. The van der Waals surface area contributed by atoms with E-state index in [1.54, 1.807) is 6.07 Å². The maximum absolute atomic E-state index is 11.9. The highest BCUT2D eigenvalue weighted by atomic mass is 16.3. The maximum atomic E-state index is 11.9. The molecule has 0 radical (unpaired) electrons.